The molecule has 0 aliphatic rings. The highest BCUT2D eigenvalue weighted by Gasteiger charge is 2.08. The minimum absolute atomic E-state index is 0.0838. The molecule has 22 heavy (non-hydrogen) atoms. The largest absolute Gasteiger partial charge is 0.466 e. The van der Waals surface area contributed by atoms with Crippen LogP contribution in [0, 0.1) is 0 Å². The van der Waals surface area contributed by atoms with E-state index in [9.17, 15) is 4.79 Å². The van der Waals surface area contributed by atoms with Crippen molar-refractivity contribution in [2.75, 3.05) is 6.61 Å². The molecule has 4 heteroatoms. The Bertz CT molecular complexity index is 246. The van der Waals surface area contributed by atoms with Crippen LogP contribution in [0.15, 0.2) is 0 Å². The molecule has 2 atom stereocenters. The van der Waals surface area contributed by atoms with Gasteiger partial charge in [-0.05, 0) is 13.3 Å². The van der Waals surface area contributed by atoms with Gasteiger partial charge < -0.3 is 9.26 Å². The van der Waals surface area contributed by atoms with Gasteiger partial charge in [-0.25, -0.2) is 0 Å². The first-order chi connectivity index (χ1) is 10.7. The van der Waals surface area contributed by atoms with Gasteiger partial charge in [-0.2, -0.15) is 0 Å². The molecule has 0 heterocycles. The maximum absolute atomic E-state index is 11.4. The van der Waals surface area contributed by atoms with Gasteiger partial charge in [0, 0.05) is 9.47 Å². The van der Waals surface area contributed by atoms with Crippen LogP contribution in [0.2, 0.25) is 0 Å². The molecule has 0 rings (SSSR count). The van der Waals surface area contributed by atoms with Gasteiger partial charge in [0.1, 0.15) is 0 Å². The van der Waals surface area contributed by atoms with E-state index in [0.29, 0.717) is 13.0 Å². The number of esters is 1. The Hall–Kier alpha value is -0.140. The molecular weight excluding hydrogens is 295 g/mol. The average molecular weight is 332 g/mol. The molecule has 0 fully saturated rings. The number of carbonyl (C=O) groups is 1. The van der Waals surface area contributed by atoms with Crippen molar-refractivity contribution in [3.63, 3.8) is 0 Å². The van der Waals surface area contributed by atoms with E-state index in [0.717, 1.165) is 6.42 Å². The van der Waals surface area contributed by atoms with Crippen molar-refractivity contribution in [1.29, 1.82) is 0 Å². The Balaban J connectivity index is 3.12. The maximum Gasteiger partial charge on any atom is 0.308 e. The molecule has 0 aliphatic carbocycles. The standard InChI is InChI=1S/C18H37O3P/c1-3-4-5-6-7-8-9-10-11-12-13-14-15-20-18(19)16-17(2)21-22/h17H,3-16,22H2,1-2H3. The molecule has 0 N–H and O–H groups in total. The monoisotopic (exact) mass is 332 g/mol. The van der Waals surface area contributed by atoms with Crippen LogP contribution in [0.1, 0.15) is 97.3 Å². The highest BCUT2D eigenvalue weighted by Crippen LogP contribution is 2.12. The van der Waals surface area contributed by atoms with Crippen LogP contribution in [-0.4, -0.2) is 18.7 Å². The van der Waals surface area contributed by atoms with Crippen LogP contribution < -0.4 is 0 Å². The third-order valence-electron chi connectivity index (χ3n) is 3.95. The topological polar surface area (TPSA) is 35.5 Å². The van der Waals surface area contributed by atoms with Gasteiger partial charge in [0.05, 0.1) is 19.1 Å². The number of carbonyl (C=O) groups excluding carboxylic acids is 1. The molecule has 0 aromatic rings. The molecule has 0 saturated carbocycles. The Morgan fingerprint density at radius 2 is 1.32 bits per heavy atom. The zero-order valence-corrected chi connectivity index (χ0v) is 15.9. The fourth-order valence-electron chi connectivity index (χ4n) is 2.47. The lowest BCUT2D eigenvalue weighted by atomic mass is 10.1. The smallest absolute Gasteiger partial charge is 0.308 e. The van der Waals surface area contributed by atoms with E-state index in [2.05, 4.69) is 16.4 Å². The lowest BCUT2D eigenvalue weighted by Crippen LogP contribution is -2.13. The first kappa shape index (κ1) is 21.9. The quantitative estimate of drug-likeness (QED) is 0.203. The summed E-state index contributed by atoms with van der Waals surface area (Å²) >= 11 is 0. The molecule has 132 valence electrons. The third kappa shape index (κ3) is 16.2. The second kappa shape index (κ2) is 17.2. The molecule has 0 spiro atoms. The van der Waals surface area contributed by atoms with Crippen LogP contribution >= 0.6 is 9.47 Å². The van der Waals surface area contributed by atoms with Crippen molar-refractivity contribution in [2.45, 2.75) is 103 Å². The van der Waals surface area contributed by atoms with E-state index in [-0.39, 0.29) is 12.1 Å². The molecular formula is C18H37O3P. The van der Waals surface area contributed by atoms with Crippen molar-refractivity contribution in [1.82, 2.24) is 0 Å². The van der Waals surface area contributed by atoms with E-state index in [1.807, 2.05) is 6.92 Å². The zero-order chi connectivity index (χ0) is 16.5. The average Bonchev–Trinajstić information content (AvgIpc) is 2.51. The normalized spacial score (nSPS) is 12.3. The third-order valence-corrected chi connectivity index (χ3v) is 4.41. The minimum atomic E-state index is -0.155. The molecule has 0 radical (unpaired) electrons. The zero-order valence-electron chi connectivity index (χ0n) is 14.8. The van der Waals surface area contributed by atoms with E-state index in [1.165, 1.54) is 70.6 Å². The molecule has 0 aromatic heterocycles. The molecule has 0 aromatic carbocycles. The van der Waals surface area contributed by atoms with Crippen LogP contribution in [0.3, 0.4) is 0 Å². The number of rotatable bonds is 16. The minimum Gasteiger partial charge on any atom is -0.466 e. The highest BCUT2D eigenvalue weighted by molar-refractivity contribution is 7.09. The molecule has 2 unspecified atom stereocenters. The fourth-order valence-corrected chi connectivity index (χ4v) is 2.57. The summed E-state index contributed by atoms with van der Waals surface area (Å²) in [7, 11) is 2.18. The Labute approximate surface area is 140 Å². The second-order valence-corrected chi connectivity index (χ2v) is 6.53. The lowest BCUT2D eigenvalue weighted by Gasteiger charge is -2.09. The fraction of sp³-hybridized carbons (Fsp3) is 0.944. The number of ether oxygens (including phenoxy) is 1. The Morgan fingerprint density at radius 1 is 0.864 bits per heavy atom. The van der Waals surface area contributed by atoms with Crippen molar-refractivity contribution in [3.8, 4) is 0 Å². The van der Waals surface area contributed by atoms with Crippen molar-refractivity contribution >= 4 is 15.4 Å². The Morgan fingerprint density at radius 3 is 1.77 bits per heavy atom. The summed E-state index contributed by atoms with van der Waals surface area (Å²) in [4.78, 5) is 11.4. The van der Waals surface area contributed by atoms with E-state index in [4.69, 9.17) is 9.26 Å². The summed E-state index contributed by atoms with van der Waals surface area (Å²) in [5.41, 5.74) is 0. The molecule has 0 aliphatic heterocycles. The van der Waals surface area contributed by atoms with Gasteiger partial charge in [0.15, 0.2) is 0 Å². The van der Waals surface area contributed by atoms with Gasteiger partial charge in [-0.1, -0.05) is 77.6 Å². The highest BCUT2D eigenvalue weighted by atomic mass is 31.0. The van der Waals surface area contributed by atoms with Crippen LogP contribution in [0.5, 0.6) is 0 Å². The molecule has 0 saturated heterocycles. The SMILES string of the molecule is CCCCCCCCCCCCCCOC(=O)CC(C)OP. The summed E-state index contributed by atoms with van der Waals surface area (Å²) < 4.78 is 10.1. The summed E-state index contributed by atoms with van der Waals surface area (Å²) in [5, 5.41) is 0. The summed E-state index contributed by atoms with van der Waals surface area (Å²) in [6.07, 6.45) is 16.1. The van der Waals surface area contributed by atoms with Crippen molar-refractivity contribution < 1.29 is 14.1 Å². The predicted molar refractivity (Wildman–Crippen MR) is 96.9 cm³/mol. The van der Waals surface area contributed by atoms with E-state index in [1.54, 1.807) is 0 Å². The van der Waals surface area contributed by atoms with Crippen molar-refractivity contribution in [2.24, 2.45) is 0 Å². The molecule has 0 amide bonds. The van der Waals surface area contributed by atoms with Crippen LogP contribution in [0.4, 0.5) is 0 Å². The maximum atomic E-state index is 11.4. The van der Waals surface area contributed by atoms with Crippen LogP contribution in [-0.2, 0) is 14.1 Å². The van der Waals surface area contributed by atoms with E-state index >= 15 is 0 Å². The summed E-state index contributed by atoms with van der Waals surface area (Å²) in [6, 6.07) is 0. The molecule has 3 nitrogen and oxygen atoms in total. The summed E-state index contributed by atoms with van der Waals surface area (Å²) in [5.74, 6) is -0.155. The predicted octanol–water partition coefficient (Wildman–Crippen LogP) is 5.82. The lowest BCUT2D eigenvalue weighted by molar-refractivity contribution is -0.145. The van der Waals surface area contributed by atoms with Gasteiger partial charge in [-0.3, -0.25) is 4.79 Å². The van der Waals surface area contributed by atoms with Gasteiger partial charge in [0.2, 0.25) is 0 Å². The number of hydrogen-bond donors (Lipinski definition) is 0. The first-order valence-corrected chi connectivity index (χ1v) is 9.69. The second-order valence-electron chi connectivity index (χ2n) is 6.26. The number of hydrogen-bond acceptors (Lipinski definition) is 3. The van der Waals surface area contributed by atoms with Crippen LogP contribution in [0.25, 0.3) is 0 Å². The van der Waals surface area contributed by atoms with E-state index < -0.39 is 0 Å². The Kier molecular flexibility index (Phi) is 17.1. The molecule has 0 bridgehead atoms. The van der Waals surface area contributed by atoms with Gasteiger partial charge >= 0.3 is 5.97 Å². The van der Waals surface area contributed by atoms with Gasteiger partial charge in [0.25, 0.3) is 0 Å². The van der Waals surface area contributed by atoms with Crippen molar-refractivity contribution in [3.05, 3.63) is 0 Å². The van der Waals surface area contributed by atoms with Gasteiger partial charge in [-0.15, -0.1) is 0 Å². The summed E-state index contributed by atoms with van der Waals surface area (Å²) in [6.45, 7) is 4.68. The number of unbranched alkanes of at least 4 members (excludes halogenated alkanes) is 11. The first-order valence-electron chi connectivity index (χ1n) is 9.21.